The molecule has 0 unspecified atom stereocenters. The lowest BCUT2D eigenvalue weighted by atomic mass is 9.37. The molecule has 0 N–H and O–H groups in total. The zero-order valence-electron chi connectivity index (χ0n) is 32.0. The highest BCUT2D eigenvalue weighted by molar-refractivity contribution is 6.95. The lowest BCUT2D eigenvalue weighted by Crippen LogP contribution is -2.51. The normalized spacial score (nSPS) is 11.1. The molecule has 0 saturated heterocycles. The molecule has 0 bridgehead atoms. The first-order valence-corrected chi connectivity index (χ1v) is 20.9. The van der Waals surface area contributed by atoms with Crippen molar-refractivity contribution in [1.29, 1.82) is 0 Å². The molecule has 0 aliphatic rings. The van der Waals surface area contributed by atoms with Gasteiger partial charge in [0.05, 0.1) is 11.5 Å². The van der Waals surface area contributed by atoms with E-state index in [4.69, 9.17) is 0 Å². The van der Waals surface area contributed by atoms with E-state index in [9.17, 15) is 0 Å². The summed E-state index contributed by atoms with van der Waals surface area (Å²) >= 11 is 0. The Hall–Kier alpha value is -5.19. The van der Waals surface area contributed by atoms with Crippen LogP contribution in [0.5, 0.6) is 0 Å². The molecule has 6 aromatic carbocycles. The van der Waals surface area contributed by atoms with Crippen LogP contribution >= 0.6 is 0 Å². The molecule has 1 heterocycles. The second-order valence-corrected chi connectivity index (χ2v) is 15.7. The summed E-state index contributed by atoms with van der Waals surface area (Å²) in [4.78, 5) is 4.51. The van der Waals surface area contributed by atoms with E-state index in [1.165, 1.54) is 82.4 Å². The first kappa shape index (κ1) is 38.5. The SMILES string of the molecule is CCCCCc1cccc(C([Si]c2ccccc2)(c2cccc(CCCCC)c2)n2ccnc2)c1.c1ccc(B(c2ccccc2)c2ccccc2)cc1. The maximum atomic E-state index is 4.51. The molecule has 0 saturated carbocycles. The summed E-state index contributed by atoms with van der Waals surface area (Å²) < 4.78 is 2.34. The fraction of sp³-hybridized carbons (Fsp3) is 0.220. The second-order valence-electron chi connectivity index (χ2n) is 14.2. The van der Waals surface area contributed by atoms with Gasteiger partial charge in [-0.05, 0) is 47.9 Å². The van der Waals surface area contributed by atoms with Crippen molar-refractivity contribution in [3.63, 3.8) is 0 Å². The van der Waals surface area contributed by atoms with Crippen molar-refractivity contribution in [1.82, 2.24) is 9.55 Å². The van der Waals surface area contributed by atoms with E-state index in [1.807, 2.05) is 12.5 Å². The summed E-state index contributed by atoms with van der Waals surface area (Å²) in [6.07, 6.45) is 15.9. The molecular weight excluding hydrogens is 667 g/mol. The van der Waals surface area contributed by atoms with Crippen LogP contribution in [0.25, 0.3) is 0 Å². The third-order valence-electron chi connectivity index (χ3n) is 10.2. The fourth-order valence-electron chi connectivity index (χ4n) is 7.44. The van der Waals surface area contributed by atoms with Gasteiger partial charge in [0.2, 0.25) is 6.71 Å². The van der Waals surface area contributed by atoms with E-state index in [2.05, 4.69) is 199 Å². The molecule has 2 nitrogen and oxygen atoms in total. The highest BCUT2D eigenvalue weighted by Crippen LogP contribution is 2.35. The summed E-state index contributed by atoms with van der Waals surface area (Å²) in [5.74, 6) is 0. The topological polar surface area (TPSA) is 17.8 Å². The minimum absolute atomic E-state index is 0.309. The number of benzene rings is 6. The van der Waals surface area contributed by atoms with Crippen LogP contribution in [0.3, 0.4) is 0 Å². The number of imidazole rings is 1. The Morgan fingerprint density at radius 1 is 0.519 bits per heavy atom. The van der Waals surface area contributed by atoms with Gasteiger partial charge in [0.1, 0.15) is 9.52 Å². The predicted octanol–water partition coefficient (Wildman–Crippen LogP) is 9.33. The van der Waals surface area contributed by atoms with Crippen molar-refractivity contribution in [2.75, 3.05) is 0 Å². The number of aryl methyl sites for hydroxylation is 2. The Kier molecular flexibility index (Phi) is 14.5. The number of nitrogens with zero attached hydrogens (tertiary/aromatic N) is 2. The van der Waals surface area contributed by atoms with Gasteiger partial charge in [-0.25, -0.2) is 4.98 Å². The molecule has 7 rings (SSSR count). The zero-order chi connectivity index (χ0) is 37.3. The number of hydrogen-bond donors (Lipinski definition) is 0. The summed E-state index contributed by atoms with van der Waals surface area (Å²) in [6, 6.07) is 61.6. The average molecular weight is 721 g/mol. The molecule has 2 radical (unpaired) electrons. The van der Waals surface area contributed by atoms with Gasteiger partial charge in [0, 0.05) is 12.4 Å². The summed E-state index contributed by atoms with van der Waals surface area (Å²) in [7, 11) is 0.536. The highest BCUT2D eigenvalue weighted by Gasteiger charge is 2.37. The Morgan fingerprint density at radius 3 is 1.37 bits per heavy atom. The van der Waals surface area contributed by atoms with Crippen molar-refractivity contribution in [3.8, 4) is 0 Å². The molecule has 1 aromatic heterocycles. The minimum atomic E-state index is -0.334. The third kappa shape index (κ3) is 10.1. The first-order valence-electron chi connectivity index (χ1n) is 19.9. The predicted molar refractivity (Wildman–Crippen MR) is 234 cm³/mol. The van der Waals surface area contributed by atoms with E-state index in [-0.39, 0.29) is 5.16 Å². The number of unbranched alkanes of at least 4 members (excludes halogenated alkanes) is 4. The molecule has 7 aromatic rings. The van der Waals surface area contributed by atoms with Crippen molar-refractivity contribution in [2.45, 2.75) is 70.4 Å². The van der Waals surface area contributed by atoms with Crippen molar-refractivity contribution in [2.24, 2.45) is 0 Å². The van der Waals surface area contributed by atoms with E-state index in [1.54, 1.807) is 0 Å². The van der Waals surface area contributed by atoms with Crippen LogP contribution in [-0.4, -0.2) is 25.8 Å². The van der Waals surface area contributed by atoms with Crippen LogP contribution < -0.4 is 21.6 Å². The molecule has 0 amide bonds. The number of hydrogen-bond acceptors (Lipinski definition) is 1. The van der Waals surface area contributed by atoms with Crippen LogP contribution in [-0.2, 0) is 18.0 Å². The lowest BCUT2D eigenvalue weighted by Gasteiger charge is -2.37. The van der Waals surface area contributed by atoms with Gasteiger partial charge < -0.3 is 4.57 Å². The van der Waals surface area contributed by atoms with Gasteiger partial charge in [-0.15, -0.1) is 0 Å². The molecule has 0 spiro atoms. The standard InChI is InChI=1S/C32H38N2Si.C18H15B/c1-3-5-8-14-27-16-12-18-29(24-27)32(34-23-22-33-26-34,35-31-20-10-7-11-21-31)30-19-13-17-28(25-30)15-9-6-4-2;1-4-10-16(11-5-1)19(17-12-6-2-7-13-17)18-14-8-3-9-15-18/h7,10-13,16-26H,3-6,8-9,14-15H2,1-2H3;1-15H. The molecule has 0 aliphatic heterocycles. The molecule has 0 atom stereocenters. The highest BCUT2D eigenvalue weighted by atomic mass is 28.2. The fourth-order valence-corrected chi connectivity index (χ4v) is 9.08. The third-order valence-corrected chi connectivity index (χ3v) is 12.0. The van der Waals surface area contributed by atoms with Crippen LogP contribution in [0.2, 0.25) is 0 Å². The molecule has 0 fully saturated rings. The smallest absolute Gasteiger partial charge is 0.241 e. The van der Waals surface area contributed by atoms with Gasteiger partial charge in [-0.2, -0.15) is 0 Å². The largest absolute Gasteiger partial charge is 0.326 e. The Morgan fingerprint density at radius 2 is 0.963 bits per heavy atom. The zero-order valence-corrected chi connectivity index (χ0v) is 33.0. The minimum Gasteiger partial charge on any atom is -0.326 e. The van der Waals surface area contributed by atoms with Crippen molar-refractivity contribution >= 4 is 37.8 Å². The van der Waals surface area contributed by atoms with Crippen LogP contribution in [0.15, 0.2) is 189 Å². The molecule has 54 heavy (non-hydrogen) atoms. The monoisotopic (exact) mass is 720 g/mol. The summed E-state index contributed by atoms with van der Waals surface area (Å²) in [5.41, 5.74) is 9.55. The molecule has 4 heteroatoms. The van der Waals surface area contributed by atoms with Crippen molar-refractivity contribution < 1.29 is 0 Å². The van der Waals surface area contributed by atoms with E-state index in [0.717, 1.165) is 12.8 Å². The summed E-state index contributed by atoms with van der Waals surface area (Å²) in [5, 5.41) is 1.02. The lowest BCUT2D eigenvalue weighted by molar-refractivity contribution is 0.594. The van der Waals surface area contributed by atoms with Gasteiger partial charge >= 0.3 is 0 Å². The number of rotatable bonds is 16. The van der Waals surface area contributed by atoms with Crippen LogP contribution in [0.1, 0.15) is 74.6 Å². The maximum Gasteiger partial charge on any atom is 0.241 e. The first-order chi connectivity index (χ1) is 26.7. The number of aromatic nitrogens is 2. The second kappa shape index (κ2) is 20.3. The van der Waals surface area contributed by atoms with Gasteiger partial charge in [-0.3, -0.25) is 0 Å². The molecule has 270 valence electrons. The van der Waals surface area contributed by atoms with Gasteiger partial charge in [-0.1, -0.05) is 231 Å². The van der Waals surface area contributed by atoms with Crippen LogP contribution in [0.4, 0.5) is 0 Å². The Bertz CT molecular complexity index is 1920. The van der Waals surface area contributed by atoms with E-state index < -0.39 is 0 Å². The van der Waals surface area contributed by atoms with Gasteiger partial charge in [0.15, 0.2) is 0 Å². The maximum absolute atomic E-state index is 4.51. The van der Waals surface area contributed by atoms with E-state index in [0.29, 0.717) is 16.2 Å². The quantitative estimate of drug-likeness (QED) is 0.0719. The molecular formula is C50H53BN2Si. The van der Waals surface area contributed by atoms with Crippen LogP contribution in [0, 0.1) is 0 Å². The molecule has 0 aliphatic carbocycles. The Balaban J connectivity index is 0.000000219. The van der Waals surface area contributed by atoms with Gasteiger partial charge in [0.25, 0.3) is 0 Å². The summed E-state index contributed by atoms with van der Waals surface area (Å²) in [6.45, 7) is 4.85. The van der Waals surface area contributed by atoms with E-state index >= 15 is 0 Å². The average Bonchev–Trinajstić information content (AvgIpc) is 3.78. The van der Waals surface area contributed by atoms with Crippen molar-refractivity contribution in [3.05, 3.63) is 211 Å². The Labute approximate surface area is 327 Å².